The van der Waals surface area contributed by atoms with E-state index in [1.165, 1.54) is 24.7 Å². The molecule has 0 saturated carbocycles. The number of nitrogens with one attached hydrogen (secondary N) is 2. The molecule has 6 rings (SSSR count). The van der Waals surface area contributed by atoms with Gasteiger partial charge in [-0.15, -0.1) is 0 Å². The van der Waals surface area contributed by atoms with Crippen molar-refractivity contribution in [2.75, 3.05) is 35.7 Å². The molecule has 1 aromatic carbocycles. The Labute approximate surface area is 217 Å². The fourth-order valence-corrected chi connectivity index (χ4v) is 6.09. The third-order valence-corrected chi connectivity index (χ3v) is 8.05. The van der Waals surface area contributed by atoms with Crippen LogP contribution in [0.2, 0.25) is 0 Å². The molecule has 3 aromatic rings. The topological polar surface area (TPSA) is 113 Å². The molecule has 9 heteroatoms. The van der Waals surface area contributed by atoms with Crippen molar-refractivity contribution in [1.82, 2.24) is 19.9 Å². The molecule has 2 aliphatic heterocycles. The Bertz CT molecular complexity index is 1340. The Hall–Kier alpha value is -3.74. The number of likely N-dealkylation sites (N-methyl/N-ethyl adjacent to an activating group) is 1. The zero-order chi connectivity index (χ0) is 25.6. The molecule has 0 radical (unpaired) electrons. The van der Waals surface area contributed by atoms with Crippen molar-refractivity contribution >= 4 is 29.0 Å². The number of aryl methyl sites for hydroxylation is 1. The number of fused-ring (bicyclic) bond motifs is 3. The quantitative estimate of drug-likeness (QED) is 0.465. The van der Waals surface area contributed by atoms with E-state index in [1.807, 2.05) is 19.1 Å². The van der Waals surface area contributed by atoms with Crippen molar-refractivity contribution in [3.63, 3.8) is 0 Å². The first-order valence-corrected chi connectivity index (χ1v) is 13.1. The molecule has 2 bridgehead atoms. The molecule has 2 fully saturated rings. The van der Waals surface area contributed by atoms with E-state index in [9.17, 15) is 10.4 Å². The molecule has 3 aliphatic rings. The van der Waals surface area contributed by atoms with Crippen LogP contribution in [0, 0.1) is 11.3 Å². The number of benzene rings is 1. The number of aliphatic hydroxyl groups is 1. The second-order valence-corrected chi connectivity index (χ2v) is 10.5. The third kappa shape index (κ3) is 4.37. The van der Waals surface area contributed by atoms with E-state index in [-0.39, 0.29) is 0 Å². The summed E-state index contributed by atoms with van der Waals surface area (Å²) < 4.78 is 0. The minimum Gasteiger partial charge on any atom is -0.384 e. The molecule has 2 aromatic heterocycles. The van der Waals surface area contributed by atoms with Crippen LogP contribution in [0.1, 0.15) is 49.4 Å². The molecule has 3 atom stereocenters. The van der Waals surface area contributed by atoms with Gasteiger partial charge in [0.1, 0.15) is 23.1 Å². The molecule has 0 amide bonds. The van der Waals surface area contributed by atoms with E-state index >= 15 is 0 Å². The summed E-state index contributed by atoms with van der Waals surface area (Å²) in [6.45, 7) is 4.19. The summed E-state index contributed by atoms with van der Waals surface area (Å²) in [6, 6.07) is 15.6. The Kier molecular flexibility index (Phi) is 5.94. The maximum atomic E-state index is 10.9. The predicted octanol–water partition coefficient (Wildman–Crippen LogP) is 4.06. The van der Waals surface area contributed by atoms with E-state index < -0.39 is 5.60 Å². The summed E-state index contributed by atoms with van der Waals surface area (Å²) in [6.07, 6.45) is 6.10. The molecule has 2 unspecified atom stereocenters. The van der Waals surface area contributed by atoms with Gasteiger partial charge in [0.05, 0.1) is 11.9 Å². The van der Waals surface area contributed by atoms with Crippen LogP contribution in [0.5, 0.6) is 0 Å². The second kappa shape index (κ2) is 9.29. The lowest BCUT2D eigenvalue weighted by Crippen LogP contribution is -2.52. The summed E-state index contributed by atoms with van der Waals surface area (Å²) in [5.41, 5.74) is 3.32. The largest absolute Gasteiger partial charge is 0.384 e. The van der Waals surface area contributed by atoms with E-state index in [2.05, 4.69) is 72.8 Å². The van der Waals surface area contributed by atoms with Crippen molar-refractivity contribution in [1.29, 1.82) is 5.26 Å². The molecule has 190 valence electrons. The Balaban J connectivity index is 1.20. The number of piperazine rings is 1. The monoisotopic (exact) mass is 496 g/mol. The fourth-order valence-electron chi connectivity index (χ4n) is 6.09. The number of hydrogen-bond acceptors (Lipinski definition) is 9. The van der Waals surface area contributed by atoms with Gasteiger partial charge in [-0.05, 0) is 75.0 Å². The molecule has 37 heavy (non-hydrogen) atoms. The molecule has 4 heterocycles. The fraction of sp³-hybridized carbons (Fsp3) is 0.429. The van der Waals surface area contributed by atoms with Crippen molar-refractivity contribution in [3.05, 3.63) is 59.4 Å². The molecular formula is C28H32N8O. The van der Waals surface area contributed by atoms with Gasteiger partial charge in [-0.2, -0.15) is 10.2 Å². The van der Waals surface area contributed by atoms with Crippen LogP contribution in [0.15, 0.2) is 42.6 Å². The van der Waals surface area contributed by atoms with Gasteiger partial charge in [-0.3, -0.25) is 0 Å². The predicted molar refractivity (Wildman–Crippen MR) is 143 cm³/mol. The first-order valence-electron chi connectivity index (χ1n) is 13.1. The van der Waals surface area contributed by atoms with Crippen molar-refractivity contribution < 1.29 is 5.11 Å². The summed E-state index contributed by atoms with van der Waals surface area (Å²) in [4.78, 5) is 18.6. The molecule has 0 spiro atoms. The molecule has 2 saturated heterocycles. The van der Waals surface area contributed by atoms with Crippen LogP contribution < -0.4 is 15.5 Å². The van der Waals surface area contributed by atoms with Crippen molar-refractivity contribution in [3.8, 4) is 6.07 Å². The minimum absolute atomic E-state index is 0.319. The Morgan fingerprint density at radius 3 is 2.54 bits per heavy atom. The standard InChI is InChI=1S/C28H32N8O/c1-3-28(37)13-12-18-4-11-24(32-25(18)28)33-26-19(14-29)15-30-27(34-26)31-20-5-7-21(8-6-20)36-22-9-10-23(36)17-35(2)16-22/h4-8,11,15,22-23,37H,3,9-10,12-13,16-17H2,1-2H3,(H2,30,31,32,33,34)/t22?,23?,28-/m0/s1. The average molecular weight is 497 g/mol. The number of nitrogens with zero attached hydrogens (tertiary/aromatic N) is 6. The third-order valence-electron chi connectivity index (χ3n) is 8.05. The highest BCUT2D eigenvalue weighted by Crippen LogP contribution is 2.39. The van der Waals surface area contributed by atoms with Crippen molar-refractivity contribution in [2.45, 2.75) is 56.7 Å². The van der Waals surface area contributed by atoms with Crippen LogP contribution in [0.25, 0.3) is 0 Å². The van der Waals surface area contributed by atoms with Crippen LogP contribution in [0.3, 0.4) is 0 Å². The van der Waals surface area contributed by atoms with Gasteiger partial charge in [0.25, 0.3) is 0 Å². The maximum Gasteiger partial charge on any atom is 0.229 e. The van der Waals surface area contributed by atoms with Gasteiger partial charge >= 0.3 is 0 Å². The van der Waals surface area contributed by atoms with E-state index in [4.69, 9.17) is 0 Å². The lowest BCUT2D eigenvalue weighted by atomic mass is 9.98. The smallest absolute Gasteiger partial charge is 0.229 e. The van der Waals surface area contributed by atoms with Gasteiger partial charge in [-0.1, -0.05) is 13.0 Å². The SMILES string of the molecule is CC[C@]1(O)CCc2ccc(Nc3nc(Nc4ccc(N5C6CCC5CN(C)C6)cc4)ncc3C#N)nc21. The summed E-state index contributed by atoms with van der Waals surface area (Å²) in [7, 11) is 2.21. The second-order valence-electron chi connectivity index (χ2n) is 10.5. The normalized spacial score (nSPS) is 24.5. The van der Waals surface area contributed by atoms with Gasteiger partial charge in [0, 0.05) is 36.5 Å². The minimum atomic E-state index is -0.903. The Morgan fingerprint density at radius 2 is 1.84 bits per heavy atom. The summed E-state index contributed by atoms with van der Waals surface area (Å²) >= 11 is 0. The van der Waals surface area contributed by atoms with Crippen LogP contribution in [-0.2, 0) is 12.0 Å². The maximum absolute atomic E-state index is 10.9. The van der Waals surface area contributed by atoms with Crippen molar-refractivity contribution in [2.24, 2.45) is 0 Å². The van der Waals surface area contributed by atoms with Gasteiger partial charge in [0.2, 0.25) is 5.95 Å². The molecule has 9 nitrogen and oxygen atoms in total. The first-order chi connectivity index (χ1) is 18.0. The van der Waals surface area contributed by atoms with Crippen LogP contribution in [0.4, 0.5) is 29.0 Å². The Morgan fingerprint density at radius 1 is 1.08 bits per heavy atom. The first kappa shape index (κ1) is 23.6. The molecular weight excluding hydrogens is 464 g/mol. The van der Waals surface area contributed by atoms with E-state index in [0.29, 0.717) is 53.8 Å². The number of anilines is 5. The number of aromatic nitrogens is 3. The van der Waals surface area contributed by atoms with Gasteiger partial charge in [0.15, 0.2) is 5.82 Å². The number of hydrogen-bond donors (Lipinski definition) is 3. The van der Waals surface area contributed by atoms with E-state index in [1.54, 1.807) is 0 Å². The lowest BCUT2D eigenvalue weighted by Gasteiger charge is -2.41. The van der Waals surface area contributed by atoms with Gasteiger partial charge < -0.3 is 25.5 Å². The van der Waals surface area contributed by atoms with Gasteiger partial charge in [-0.25, -0.2) is 9.97 Å². The zero-order valence-electron chi connectivity index (χ0n) is 21.3. The highest BCUT2D eigenvalue weighted by Gasteiger charge is 2.39. The number of nitriles is 1. The molecule has 1 aliphatic carbocycles. The highest BCUT2D eigenvalue weighted by atomic mass is 16.3. The average Bonchev–Trinajstić information content (AvgIpc) is 3.38. The zero-order valence-corrected chi connectivity index (χ0v) is 21.3. The van der Waals surface area contributed by atoms with Crippen LogP contribution >= 0.6 is 0 Å². The number of pyridine rings is 1. The van der Waals surface area contributed by atoms with Crippen LogP contribution in [-0.4, -0.2) is 57.2 Å². The highest BCUT2D eigenvalue weighted by molar-refractivity contribution is 5.65. The number of likely N-dealkylation sites (tertiary alicyclic amines) is 1. The summed E-state index contributed by atoms with van der Waals surface area (Å²) in [5.74, 6) is 1.30. The summed E-state index contributed by atoms with van der Waals surface area (Å²) in [5, 5.41) is 27.0. The molecule has 3 N–H and O–H groups in total. The lowest BCUT2D eigenvalue weighted by molar-refractivity contribution is 0.0307. The number of rotatable bonds is 6. The van der Waals surface area contributed by atoms with E-state index in [0.717, 1.165) is 30.8 Å².